The van der Waals surface area contributed by atoms with Gasteiger partial charge in [0.1, 0.15) is 17.7 Å². The highest BCUT2D eigenvalue weighted by Crippen LogP contribution is 2.23. The number of hydrogen-bond donors (Lipinski definition) is 2. The molecule has 9 heteroatoms. The number of rotatable bonds is 11. The molecule has 0 radical (unpaired) electrons. The Bertz CT molecular complexity index is 915. The number of carbonyl (C=O) groups excluding carboxylic acids is 4. The average molecular weight is 488 g/mol. The van der Waals surface area contributed by atoms with Gasteiger partial charge in [0.05, 0.1) is 13.0 Å². The summed E-state index contributed by atoms with van der Waals surface area (Å²) >= 11 is 0. The van der Waals surface area contributed by atoms with Crippen LogP contribution in [0.5, 0.6) is 0 Å². The molecule has 35 heavy (non-hydrogen) atoms. The van der Waals surface area contributed by atoms with Crippen molar-refractivity contribution in [3.63, 3.8) is 0 Å². The molecule has 1 aromatic carbocycles. The first-order valence-electron chi connectivity index (χ1n) is 11.7. The van der Waals surface area contributed by atoms with Crippen LogP contribution in [0.3, 0.4) is 0 Å². The summed E-state index contributed by atoms with van der Waals surface area (Å²) in [4.78, 5) is 52.0. The standard InChI is InChI=1S/C26H37N3O6/c1-8-17-29(24(32)18(4)28-25(33)35-26(5,6)7)22(20-13-11-19(9-2)12-14-20)23(31)27-16-15-21(30)34-10-3/h2,11-14,18,22H,8,10,15-17H2,1,3-7H3,(H,27,31)(H,28,33). The lowest BCUT2D eigenvalue weighted by Crippen LogP contribution is -2.52. The SMILES string of the molecule is C#Cc1ccc(C(C(=O)NCCC(=O)OCC)N(CCC)C(=O)C(C)NC(=O)OC(C)(C)C)cc1. The van der Waals surface area contributed by atoms with E-state index in [-0.39, 0.29) is 26.1 Å². The first-order valence-corrected chi connectivity index (χ1v) is 11.7. The molecule has 0 aliphatic heterocycles. The van der Waals surface area contributed by atoms with Crippen LogP contribution >= 0.6 is 0 Å². The molecule has 2 unspecified atom stereocenters. The Labute approximate surface area is 207 Å². The van der Waals surface area contributed by atoms with E-state index in [4.69, 9.17) is 15.9 Å². The fourth-order valence-electron chi connectivity index (χ4n) is 3.25. The van der Waals surface area contributed by atoms with Crippen LogP contribution in [0.1, 0.15) is 71.6 Å². The molecule has 0 bridgehead atoms. The summed E-state index contributed by atoms with van der Waals surface area (Å²) in [6, 6.07) is 4.80. The fraction of sp³-hybridized carbons (Fsp3) is 0.538. The van der Waals surface area contributed by atoms with Crippen LogP contribution in [0.25, 0.3) is 0 Å². The van der Waals surface area contributed by atoms with Crippen LogP contribution in [0.2, 0.25) is 0 Å². The van der Waals surface area contributed by atoms with Crippen LogP contribution < -0.4 is 10.6 Å². The molecule has 0 heterocycles. The van der Waals surface area contributed by atoms with Gasteiger partial charge in [0, 0.05) is 18.7 Å². The summed E-state index contributed by atoms with van der Waals surface area (Å²) in [5, 5.41) is 5.26. The Hall–Kier alpha value is -3.54. The zero-order chi connectivity index (χ0) is 26.6. The third-order valence-electron chi connectivity index (χ3n) is 4.74. The minimum Gasteiger partial charge on any atom is -0.466 e. The van der Waals surface area contributed by atoms with Gasteiger partial charge in [0.25, 0.3) is 0 Å². The molecule has 0 aromatic heterocycles. The molecule has 0 aliphatic carbocycles. The Kier molecular flexibility index (Phi) is 11.8. The summed E-state index contributed by atoms with van der Waals surface area (Å²) in [7, 11) is 0. The van der Waals surface area contributed by atoms with Gasteiger partial charge in [-0.15, -0.1) is 6.42 Å². The smallest absolute Gasteiger partial charge is 0.408 e. The highest BCUT2D eigenvalue weighted by Gasteiger charge is 2.34. The van der Waals surface area contributed by atoms with Gasteiger partial charge in [0.15, 0.2) is 0 Å². The molecule has 0 aliphatic rings. The van der Waals surface area contributed by atoms with Crippen LogP contribution in [0.15, 0.2) is 24.3 Å². The van der Waals surface area contributed by atoms with Crippen molar-refractivity contribution < 1.29 is 28.7 Å². The molecule has 3 amide bonds. The average Bonchev–Trinajstić information content (AvgIpc) is 2.77. The van der Waals surface area contributed by atoms with E-state index < -0.39 is 41.6 Å². The Morgan fingerprint density at radius 2 is 1.74 bits per heavy atom. The van der Waals surface area contributed by atoms with E-state index in [1.807, 2.05) is 6.92 Å². The van der Waals surface area contributed by atoms with Crippen molar-refractivity contribution in [3.8, 4) is 12.3 Å². The maximum absolute atomic E-state index is 13.4. The van der Waals surface area contributed by atoms with Crippen molar-refractivity contribution in [2.75, 3.05) is 19.7 Å². The van der Waals surface area contributed by atoms with Crippen molar-refractivity contribution in [1.29, 1.82) is 0 Å². The van der Waals surface area contributed by atoms with Gasteiger partial charge in [-0.05, 0) is 58.7 Å². The number of esters is 1. The van der Waals surface area contributed by atoms with Gasteiger partial charge in [-0.25, -0.2) is 4.79 Å². The fourth-order valence-corrected chi connectivity index (χ4v) is 3.25. The number of benzene rings is 1. The van der Waals surface area contributed by atoms with E-state index in [2.05, 4.69) is 16.6 Å². The van der Waals surface area contributed by atoms with E-state index in [1.54, 1.807) is 52.0 Å². The van der Waals surface area contributed by atoms with Crippen LogP contribution in [0.4, 0.5) is 4.79 Å². The first-order chi connectivity index (χ1) is 16.4. The molecule has 0 saturated carbocycles. The number of amides is 3. The van der Waals surface area contributed by atoms with Crippen molar-refractivity contribution in [3.05, 3.63) is 35.4 Å². The molecule has 2 atom stereocenters. The largest absolute Gasteiger partial charge is 0.466 e. The maximum atomic E-state index is 13.4. The Balaban J connectivity index is 3.19. The van der Waals surface area contributed by atoms with Gasteiger partial charge in [-0.3, -0.25) is 14.4 Å². The number of ether oxygens (including phenoxy) is 2. The van der Waals surface area contributed by atoms with Crippen molar-refractivity contribution in [2.24, 2.45) is 0 Å². The number of hydrogen-bond acceptors (Lipinski definition) is 6. The molecular weight excluding hydrogens is 450 g/mol. The minimum absolute atomic E-state index is 0.000653. The lowest BCUT2D eigenvalue weighted by atomic mass is 10.0. The van der Waals surface area contributed by atoms with Crippen LogP contribution in [0, 0.1) is 12.3 Å². The molecule has 9 nitrogen and oxygen atoms in total. The monoisotopic (exact) mass is 487 g/mol. The zero-order valence-corrected chi connectivity index (χ0v) is 21.5. The molecule has 0 saturated heterocycles. The van der Waals surface area contributed by atoms with Crippen molar-refractivity contribution >= 4 is 23.9 Å². The zero-order valence-electron chi connectivity index (χ0n) is 21.5. The van der Waals surface area contributed by atoms with Gasteiger partial charge < -0.3 is 25.0 Å². The van der Waals surface area contributed by atoms with E-state index in [9.17, 15) is 19.2 Å². The minimum atomic E-state index is -1.00. The molecule has 192 valence electrons. The van der Waals surface area contributed by atoms with Gasteiger partial charge in [0.2, 0.25) is 11.8 Å². The number of carbonyl (C=O) groups is 4. The summed E-state index contributed by atoms with van der Waals surface area (Å²) in [5.41, 5.74) is 0.447. The van der Waals surface area contributed by atoms with Crippen molar-refractivity contribution in [2.45, 2.75) is 72.1 Å². The topological polar surface area (TPSA) is 114 Å². The highest BCUT2D eigenvalue weighted by atomic mass is 16.6. The number of alkyl carbamates (subject to hydrolysis) is 1. The van der Waals surface area contributed by atoms with Crippen molar-refractivity contribution in [1.82, 2.24) is 15.5 Å². The maximum Gasteiger partial charge on any atom is 0.408 e. The number of terminal acetylenes is 1. The predicted octanol–water partition coefficient (Wildman–Crippen LogP) is 2.93. The molecule has 1 rings (SSSR count). The molecule has 0 spiro atoms. The molecule has 0 fully saturated rings. The Morgan fingerprint density at radius 3 is 2.26 bits per heavy atom. The second kappa shape index (κ2) is 14.0. The lowest BCUT2D eigenvalue weighted by Gasteiger charge is -2.33. The first kappa shape index (κ1) is 29.5. The second-order valence-electron chi connectivity index (χ2n) is 8.91. The summed E-state index contributed by atoms with van der Waals surface area (Å²) < 4.78 is 10.1. The normalized spacial score (nSPS) is 12.5. The Morgan fingerprint density at radius 1 is 1.11 bits per heavy atom. The van der Waals surface area contributed by atoms with E-state index >= 15 is 0 Å². The summed E-state index contributed by atoms with van der Waals surface area (Å²) in [6.45, 7) is 10.8. The second-order valence-corrected chi connectivity index (χ2v) is 8.91. The molecule has 1 aromatic rings. The van der Waals surface area contributed by atoms with E-state index in [1.165, 1.54) is 11.8 Å². The number of nitrogens with one attached hydrogen (secondary N) is 2. The van der Waals surface area contributed by atoms with Crippen LogP contribution in [-0.4, -0.2) is 60.1 Å². The highest BCUT2D eigenvalue weighted by molar-refractivity contribution is 5.92. The lowest BCUT2D eigenvalue weighted by molar-refractivity contribution is -0.144. The van der Waals surface area contributed by atoms with E-state index in [0.29, 0.717) is 17.5 Å². The predicted molar refractivity (Wildman–Crippen MR) is 132 cm³/mol. The third kappa shape index (κ3) is 10.1. The number of nitrogens with zero attached hydrogens (tertiary/aromatic N) is 1. The van der Waals surface area contributed by atoms with E-state index in [0.717, 1.165) is 0 Å². The molecule has 2 N–H and O–H groups in total. The van der Waals surface area contributed by atoms with Gasteiger partial charge in [-0.1, -0.05) is 25.0 Å². The van der Waals surface area contributed by atoms with Gasteiger partial charge in [-0.2, -0.15) is 0 Å². The molecular formula is C26H37N3O6. The quantitative estimate of drug-likeness (QED) is 0.366. The summed E-state index contributed by atoms with van der Waals surface area (Å²) in [5.74, 6) is 1.17. The third-order valence-corrected chi connectivity index (χ3v) is 4.74. The van der Waals surface area contributed by atoms with Crippen LogP contribution in [-0.2, 0) is 23.9 Å². The van der Waals surface area contributed by atoms with Gasteiger partial charge >= 0.3 is 12.1 Å². The summed E-state index contributed by atoms with van der Waals surface area (Å²) in [6.07, 6.45) is 5.29.